The van der Waals surface area contributed by atoms with Crippen molar-refractivity contribution >= 4 is 11.3 Å². The van der Waals surface area contributed by atoms with E-state index in [1.807, 2.05) is 6.92 Å². The maximum absolute atomic E-state index is 4.59. The van der Waals surface area contributed by atoms with Crippen molar-refractivity contribution in [2.75, 3.05) is 6.54 Å². The summed E-state index contributed by atoms with van der Waals surface area (Å²) in [6.45, 7) is 9.95. The Morgan fingerprint density at radius 2 is 2.20 bits per heavy atom. The normalized spacial score (nSPS) is 10.9. The summed E-state index contributed by atoms with van der Waals surface area (Å²) >= 11 is 1.73. The highest BCUT2D eigenvalue weighted by atomic mass is 32.1. The van der Waals surface area contributed by atoms with Crippen LogP contribution >= 0.6 is 11.3 Å². The van der Waals surface area contributed by atoms with Gasteiger partial charge < -0.3 is 5.32 Å². The number of hydrogen-bond acceptors (Lipinski definition) is 3. The number of rotatable bonds is 3. The van der Waals surface area contributed by atoms with Gasteiger partial charge in [0.05, 0.1) is 17.2 Å². The SMILES string of the molecule is CC#CCNCc1csc(C(C)(C)C)n1. The zero-order valence-electron chi connectivity index (χ0n) is 9.85. The topological polar surface area (TPSA) is 24.9 Å². The van der Waals surface area contributed by atoms with Gasteiger partial charge in [-0.25, -0.2) is 4.98 Å². The smallest absolute Gasteiger partial charge is 0.0982 e. The van der Waals surface area contributed by atoms with Crippen LogP contribution in [0.25, 0.3) is 0 Å². The van der Waals surface area contributed by atoms with Crippen molar-refractivity contribution in [2.45, 2.75) is 39.7 Å². The Morgan fingerprint density at radius 1 is 1.47 bits per heavy atom. The van der Waals surface area contributed by atoms with Gasteiger partial charge in [0.15, 0.2) is 0 Å². The first kappa shape index (κ1) is 12.2. The molecule has 0 spiro atoms. The average Bonchev–Trinajstić information content (AvgIpc) is 2.60. The monoisotopic (exact) mass is 222 g/mol. The number of aromatic nitrogens is 1. The molecule has 1 N–H and O–H groups in total. The van der Waals surface area contributed by atoms with E-state index in [1.54, 1.807) is 11.3 Å². The minimum atomic E-state index is 0.159. The second kappa shape index (κ2) is 5.29. The summed E-state index contributed by atoms with van der Waals surface area (Å²) < 4.78 is 0. The van der Waals surface area contributed by atoms with E-state index in [0.29, 0.717) is 0 Å². The lowest BCUT2D eigenvalue weighted by Gasteiger charge is -2.13. The molecule has 0 radical (unpaired) electrons. The van der Waals surface area contributed by atoms with Crippen LogP contribution in [0.2, 0.25) is 0 Å². The maximum atomic E-state index is 4.59. The summed E-state index contributed by atoms with van der Waals surface area (Å²) in [6, 6.07) is 0. The predicted octanol–water partition coefficient (Wildman–Crippen LogP) is 2.55. The van der Waals surface area contributed by atoms with Crippen LogP contribution in [0.5, 0.6) is 0 Å². The lowest BCUT2D eigenvalue weighted by molar-refractivity contribution is 0.581. The molecule has 0 amide bonds. The van der Waals surface area contributed by atoms with Gasteiger partial charge in [-0.3, -0.25) is 0 Å². The van der Waals surface area contributed by atoms with Gasteiger partial charge in [0.1, 0.15) is 0 Å². The van der Waals surface area contributed by atoms with Gasteiger partial charge in [0.25, 0.3) is 0 Å². The molecule has 0 unspecified atom stereocenters. The van der Waals surface area contributed by atoms with Gasteiger partial charge in [-0.2, -0.15) is 0 Å². The third kappa shape index (κ3) is 4.03. The van der Waals surface area contributed by atoms with Crippen molar-refractivity contribution in [3.63, 3.8) is 0 Å². The number of thiazole rings is 1. The van der Waals surface area contributed by atoms with Crippen LogP contribution in [-0.4, -0.2) is 11.5 Å². The van der Waals surface area contributed by atoms with E-state index in [0.717, 1.165) is 18.8 Å². The van der Waals surface area contributed by atoms with Crippen molar-refractivity contribution in [1.29, 1.82) is 0 Å². The summed E-state index contributed by atoms with van der Waals surface area (Å²) in [4.78, 5) is 4.59. The van der Waals surface area contributed by atoms with Gasteiger partial charge in [0, 0.05) is 17.3 Å². The number of nitrogens with zero attached hydrogens (tertiary/aromatic N) is 1. The van der Waals surface area contributed by atoms with Crippen LogP contribution < -0.4 is 5.32 Å². The summed E-state index contributed by atoms with van der Waals surface area (Å²) in [5.74, 6) is 5.82. The molecule has 0 fully saturated rings. The third-order valence-corrected chi connectivity index (χ3v) is 3.21. The lowest BCUT2D eigenvalue weighted by Crippen LogP contribution is -2.15. The summed E-state index contributed by atoms with van der Waals surface area (Å²) in [7, 11) is 0. The lowest BCUT2D eigenvalue weighted by atomic mass is 9.98. The fourth-order valence-corrected chi connectivity index (χ4v) is 1.98. The molecular weight excluding hydrogens is 204 g/mol. The molecule has 0 saturated heterocycles. The van der Waals surface area contributed by atoms with Gasteiger partial charge in [-0.15, -0.1) is 17.3 Å². The fourth-order valence-electron chi connectivity index (χ4n) is 1.07. The van der Waals surface area contributed by atoms with Crippen LogP contribution in [0.3, 0.4) is 0 Å². The summed E-state index contributed by atoms with van der Waals surface area (Å²) in [5, 5.41) is 6.55. The first-order valence-electron chi connectivity index (χ1n) is 5.09. The molecule has 0 saturated carbocycles. The number of nitrogens with one attached hydrogen (secondary N) is 1. The molecular formula is C12H18N2S. The van der Waals surface area contributed by atoms with Crippen LogP contribution in [0.1, 0.15) is 38.4 Å². The zero-order valence-corrected chi connectivity index (χ0v) is 10.7. The van der Waals surface area contributed by atoms with E-state index in [1.165, 1.54) is 5.01 Å². The summed E-state index contributed by atoms with van der Waals surface area (Å²) in [5.41, 5.74) is 1.27. The van der Waals surface area contributed by atoms with Crippen molar-refractivity contribution in [1.82, 2.24) is 10.3 Å². The van der Waals surface area contributed by atoms with E-state index < -0.39 is 0 Å². The Hall–Kier alpha value is -0.850. The van der Waals surface area contributed by atoms with Gasteiger partial charge in [-0.1, -0.05) is 26.7 Å². The molecule has 0 aromatic carbocycles. The molecule has 2 nitrogen and oxygen atoms in total. The van der Waals surface area contributed by atoms with Crippen LogP contribution in [0.15, 0.2) is 5.38 Å². The first-order chi connectivity index (χ1) is 7.04. The molecule has 3 heteroatoms. The van der Waals surface area contributed by atoms with Crippen LogP contribution in [0, 0.1) is 11.8 Å². The zero-order chi connectivity index (χ0) is 11.3. The second-order valence-electron chi connectivity index (χ2n) is 4.42. The molecule has 0 atom stereocenters. The highest BCUT2D eigenvalue weighted by Crippen LogP contribution is 2.25. The standard InChI is InChI=1S/C12H18N2S/c1-5-6-7-13-8-10-9-15-11(14-10)12(2,3)4/h9,13H,7-8H2,1-4H3. The molecule has 0 bridgehead atoms. The molecule has 15 heavy (non-hydrogen) atoms. The van der Waals surface area contributed by atoms with E-state index in [-0.39, 0.29) is 5.41 Å². The number of hydrogen-bond donors (Lipinski definition) is 1. The second-order valence-corrected chi connectivity index (χ2v) is 5.28. The minimum absolute atomic E-state index is 0.159. The Labute approximate surface area is 96.1 Å². The fraction of sp³-hybridized carbons (Fsp3) is 0.583. The molecule has 1 rings (SSSR count). The largest absolute Gasteiger partial charge is 0.301 e. The Kier molecular flexibility index (Phi) is 4.31. The highest BCUT2D eigenvalue weighted by Gasteiger charge is 2.17. The van der Waals surface area contributed by atoms with Gasteiger partial charge in [0.2, 0.25) is 0 Å². The molecule has 1 aromatic heterocycles. The quantitative estimate of drug-likeness (QED) is 0.628. The predicted molar refractivity (Wildman–Crippen MR) is 66.0 cm³/mol. The summed E-state index contributed by atoms with van der Waals surface area (Å²) in [6.07, 6.45) is 0. The van der Waals surface area contributed by atoms with Crippen LogP contribution in [-0.2, 0) is 12.0 Å². The van der Waals surface area contributed by atoms with Crippen molar-refractivity contribution in [2.24, 2.45) is 0 Å². The van der Waals surface area contributed by atoms with Gasteiger partial charge >= 0.3 is 0 Å². The first-order valence-corrected chi connectivity index (χ1v) is 5.97. The Bertz CT molecular complexity index is 363. The molecule has 1 heterocycles. The maximum Gasteiger partial charge on any atom is 0.0982 e. The molecule has 0 aliphatic heterocycles. The molecule has 1 aromatic rings. The highest BCUT2D eigenvalue weighted by molar-refractivity contribution is 7.09. The minimum Gasteiger partial charge on any atom is -0.301 e. The van der Waals surface area contributed by atoms with E-state index in [9.17, 15) is 0 Å². The Morgan fingerprint density at radius 3 is 2.73 bits per heavy atom. The van der Waals surface area contributed by atoms with Gasteiger partial charge in [-0.05, 0) is 6.92 Å². The van der Waals surface area contributed by atoms with E-state index in [4.69, 9.17) is 0 Å². The van der Waals surface area contributed by atoms with E-state index in [2.05, 4.69) is 48.3 Å². The average molecular weight is 222 g/mol. The van der Waals surface area contributed by atoms with Crippen molar-refractivity contribution in [3.8, 4) is 11.8 Å². The molecule has 0 aliphatic carbocycles. The van der Waals surface area contributed by atoms with Crippen molar-refractivity contribution in [3.05, 3.63) is 16.1 Å². The van der Waals surface area contributed by atoms with Crippen LogP contribution in [0.4, 0.5) is 0 Å². The molecule has 0 aliphatic rings. The molecule has 82 valence electrons. The van der Waals surface area contributed by atoms with E-state index >= 15 is 0 Å². The third-order valence-electron chi connectivity index (χ3n) is 1.89. The Balaban J connectivity index is 2.49. The van der Waals surface area contributed by atoms with Crippen molar-refractivity contribution < 1.29 is 0 Å².